The van der Waals surface area contributed by atoms with Crippen molar-refractivity contribution in [3.63, 3.8) is 0 Å². The van der Waals surface area contributed by atoms with Gasteiger partial charge in [-0.05, 0) is 25.4 Å². The maximum absolute atomic E-state index is 11.0. The summed E-state index contributed by atoms with van der Waals surface area (Å²) in [5.41, 5.74) is 2.23. The maximum atomic E-state index is 11.0. The van der Waals surface area contributed by atoms with Gasteiger partial charge >= 0.3 is 0 Å². The van der Waals surface area contributed by atoms with E-state index in [9.17, 15) is 9.90 Å². The molecule has 0 fully saturated rings. The number of aromatic nitrogens is 3. The van der Waals surface area contributed by atoms with Crippen LogP contribution in [0.5, 0.6) is 0 Å². The molecule has 1 N–H and O–H groups in total. The fraction of sp³-hybridized carbons (Fsp3) is 0.368. The summed E-state index contributed by atoms with van der Waals surface area (Å²) in [5.74, 6) is -0.0965. The monoisotopic (exact) mass is 517 g/mol. The van der Waals surface area contributed by atoms with Crippen LogP contribution >= 0.6 is 0 Å². The molecule has 0 saturated heterocycles. The number of nitrogens with zero attached hydrogens (tertiary/aromatic N) is 3. The second-order valence-electron chi connectivity index (χ2n) is 6.47. The molecule has 2 heterocycles. The Hall–Kier alpha value is -1.91. The maximum Gasteiger partial charge on any atom is 0.155 e. The fourth-order valence-electron chi connectivity index (χ4n) is 2.49. The predicted molar refractivity (Wildman–Crippen MR) is 91.7 cm³/mol. The topological polar surface area (TPSA) is 76.0 Å². The van der Waals surface area contributed by atoms with Crippen LogP contribution in [0.15, 0.2) is 42.6 Å². The van der Waals surface area contributed by atoms with Crippen LogP contribution in [0.2, 0.25) is 0 Å². The Kier molecular flexibility index (Phi) is 7.58. The third-order valence-corrected chi connectivity index (χ3v) is 3.99. The van der Waals surface area contributed by atoms with Gasteiger partial charge in [0.1, 0.15) is 0 Å². The molecule has 25 heavy (non-hydrogen) atoms. The van der Waals surface area contributed by atoms with Gasteiger partial charge in [0.2, 0.25) is 0 Å². The molecule has 0 spiro atoms. The molecule has 1 unspecified atom stereocenters. The Morgan fingerprint density at radius 1 is 1.40 bits per heavy atom. The van der Waals surface area contributed by atoms with Crippen LogP contribution in [-0.2, 0) is 30.3 Å². The van der Waals surface area contributed by atoms with Crippen LogP contribution < -0.4 is 0 Å². The molecule has 6 heteroatoms. The fourth-order valence-corrected chi connectivity index (χ4v) is 2.49. The molecule has 0 aliphatic rings. The van der Waals surface area contributed by atoms with Gasteiger partial charge in [-0.15, -0.1) is 5.56 Å². The van der Waals surface area contributed by atoms with Crippen molar-refractivity contribution in [2.75, 3.05) is 0 Å². The molecule has 1 atom stereocenters. The first-order valence-corrected chi connectivity index (χ1v) is 7.86. The Balaban J connectivity index is 0.00000312. The molecule has 5 nitrogen and oxygen atoms in total. The van der Waals surface area contributed by atoms with Crippen LogP contribution in [0.1, 0.15) is 57.0 Å². The SMILES string of the molecule is CC(=O)/C=C(\O)CC(C)c1cccc(C(C)(C)c2[c-]ncnc2)n1.[Ir]. The van der Waals surface area contributed by atoms with E-state index < -0.39 is 0 Å². The van der Waals surface area contributed by atoms with E-state index in [4.69, 9.17) is 4.98 Å². The van der Waals surface area contributed by atoms with E-state index in [-0.39, 0.29) is 43.0 Å². The summed E-state index contributed by atoms with van der Waals surface area (Å²) in [6.07, 6.45) is 7.79. The van der Waals surface area contributed by atoms with Gasteiger partial charge in [0, 0.05) is 55.3 Å². The molecule has 0 amide bonds. The van der Waals surface area contributed by atoms with Crippen molar-refractivity contribution in [3.05, 3.63) is 65.7 Å². The molecular formula is C19H22IrN3O2-. The second kappa shape index (κ2) is 8.97. The number of carbonyl (C=O) groups is 1. The molecule has 0 aliphatic carbocycles. The summed E-state index contributed by atoms with van der Waals surface area (Å²) in [7, 11) is 0. The second-order valence-corrected chi connectivity index (χ2v) is 6.47. The third kappa shape index (κ3) is 5.55. The van der Waals surface area contributed by atoms with Crippen LogP contribution in [0, 0.1) is 6.20 Å². The molecule has 1 radical (unpaired) electrons. The molecule has 0 bridgehead atoms. The van der Waals surface area contributed by atoms with E-state index in [2.05, 4.69) is 16.2 Å². The van der Waals surface area contributed by atoms with Crippen molar-refractivity contribution in [1.29, 1.82) is 0 Å². The van der Waals surface area contributed by atoms with E-state index in [1.807, 2.05) is 39.0 Å². The molecule has 2 aromatic heterocycles. The number of hydrogen-bond acceptors (Lipinski definition) is 5. The van der Waals surface area contributed by atoms with E-state index in [0.29, 0.717) is 6.42 Å². The molecule has 0 aromatic carbocycles. The summed E-state index contributed by atoms with van der Waals surface area (Å²) in [4.78, 5) is 23.8. The number of carbonyl (C=O) groups excluding carboxylic acids is 1. The first kappa shape index (κ1) is 21.1. The van der Waals surface area contributed by atoms with Crippen molar-refractivity contribution in [1.82, 2.24) is 15.0 Å². The Labute approximate surface area is 162 Å². The largest absolute Gasteiger partial charge is 0.512 e. The molecular weight excluding hydrogens is 494 g/mol. The van der Waals surface area contributed by atoms with Gasteiger partial charge in [0.25, 0.3) is 0 Å². The van der Waals surface area contributed by atoms with Gasteiger partial charge in [-0.2, -0.15) is 0 Å². The molecule has 0 saturated carbocycles. The van der Waals surface area contributed by atoms with E-state index in [0.717, 1.165) is 17.0 Å². The predicted octanol–water partition coefficient (Wildman–Crippen LogP) is 3.52. The van der Waals surface area contributed by atoms with E-state index in [1.54, 1.807) is 6.20 Å². The summed E-state index contributed by atoms with van der Waals surface area (Å²) in [6, 6.07) is 5.84. The zero-order valence-electron chi connectivity index (χ0n) is 14.8. The first-order valence-electron chi connectivity index (χ1n) is 7.86. The van der Waals surface area contributed by atoms with E-state index >= 15 is 0 Å². The van der Waals surface area contributed by atoms with Gasteiger partial charge in [-0.25, -0.2) is 0 Å². The molecule has 135 valence electrons. The van der Waals surface area contributed by atoms with Crippen molar-refractivity contribution < 1.29 is 30.0 Å². The Morgan fingerprint density at radius 3 is 2.72 bits per heavy atom. The number of hydrogen-bond donors (Lipinski definition) is 1. The van der Waals surface area contributed by atoms with Crippen molar-refractivity contribution in [2.45, 2.75) is 45.4 Å². The van der Waals surface area contributed by atoms with Crippen molar-refractivity contribution in [2.24, 2.45) is 0 Å². The minimum Gasteiger partial charge on any atom is -0.512 e. The smallest absolute Gasteiger partial charge is 0.155 e. The number of pyridine rings is 1. The summed E-state index contributed by atoms with van der Waals surface area (Å²) in [6.45, 7) is 7.49. The van der Waals surface area contributed by atoms with Gasteiger partial charge in [-0.3, -0.25) is 9.78 Å². The average molecular weight is 517 g/mol. The zero-order valence-corrected chi connectivity index (χ0v) is 17.2. The van der Waals surface area contributed by atoms with Crippen LogP contribution in [-0.4, -0.2) is 25.8 Å². The number of aliphatic hydroxyl groups is 1. The van der Waals surface area contributed by atoms with Crippen molar-refractivity contribution >= 4 is 5.78 Å². The van der Waals surface area contributed by atoms with Crippen molar-refractivity contribution in [3.8, 4) is 0 Å². The minimum absolute atomic E-state index is 0. The normalized spacial score (nSPS) is 13.0. The quantitative estimate of drug-likeness (QED) is 0.361. The Morgan fingerprint density at radius 2 is 2.12 bits per heavy atom. The third-order valence-electron chi connectivity index (χ3n) is 3.99. The van der Waals surface area contributed by atoms with Gasteiger partial charge in [0.15, 0.2) is 5.78 Å². The number of rotatable bonds is 6. The van der Waals surface area contributed by atoms with Gasteiger partial charge in [0.05, 0.1) is 5.76 Å². The van der Waals surface area contributed by atoms with E-state index in [1.165, 1.54) is 19.3 Å². The zero-order chi connectivity index (χ0) is 17.7. The number of aliphatic hydroxyl groups excluding tert-OH is 1. The average Bonchev–Trinajstić information content (AvgIpc) is 2.55. The van der Waals surface area contributed by atoms with Gasteiger partial charge < -0.3 is 15.1 Å². The van der Waals surface area contributed by atoms with Crippen LogP contribution in [0.25, 0.3) is 0 Å². The molecule has 2 rings (SSSR count). The van der Waals surface area contributed by atoms with Crippen LogP contribution in [0.3, 0.4) is 0 Å². The summed E-state index contributed by atoms with van der Waals surface area (Å²) in [5, 5.41) is 9.85. The molecule has 0 aliphatic heterocycles. The number of ketones is 1. The number of allylic oxidation sites excluding steroid dienone is 2. The Bertz CT molecular complexity index is 745. The minimum atomic E-state index is -0.381. The standard InChI is InChI=1S/C19H22N3O2.Ir/c1-13(8-16(24)9-14(2)23)17-6-5-7-18(22-17)19(3,4)15-10-20-12-21-11-15;/h5-7,9-10,12-13,24H,8H2,1-4H3;/q-1;/b16-9-;. The summed E-state index contributed by atoms with van der Waals surface area (Å²) < 4.78 is 0. The first-order chi connectivity index (χ1) is 11.3. The van der Waals surface area contributed by atoms with Gasteiger partial charge in [-0.1, -0.05) is 39.2 Å². The molecule has 2 aromatic rings. The summed E-state index contributed by atoms with van der Waals surface area (Å²) >= 11 is 0. The van der Waals surface area contributed by atoms with Crippen LogP contribution in [0.4, 0.5) is 0 Å².